The van der Waals surface area contributed by atoms with Crippen LogP contribution in [0.25, 0.3) is 0 Å². The number of nitrogens with two attached hydrogens (primary N) is 1. The van der Waals surface area contributed by atoms with Crippen LogP contribution in [0, 0.1) is 5.41 Å². The minimum atomic E-state index is -0.478. The Balaban J connectivity index is 0.00000172. The van der Waals surface area contributed by atoms with Gasteiger partial charge in [-0.3, -0.25) is 0 Å². The van der Waals surface area contributed by atoms with E-state index in [4.69, 9.17) is 32.2 Å². The Hall–Kier alpha value is -3.06. The van der Waals surface area contributed by atoms with Gasteiger partial charge in [0.05, 0.1) is 25.0 Å². The highest BCUT2D eigenvalue weighted by Crippen LogP contribution is 2.32. The maximum atomic E-state index is 12.4. The molecule has 0 aliphatic heterocycles. The van der Waals surface area contributed by atoms with Gasteiger partial charge in [-0.2, -0.15) is 0 Å². The molecule has 176 valence electrons. The first kappa shape index (κ1) is 28.9. The number of carbonyl (C=O) groups excluding carboxylic acids is 1. The second-order valence-corrected chi connectivity index (χ2v) is 6.71. The van der Waals surface area contributed by atoms with Gasteiger partial charge < -0.3 is 25.9 Å². The summed E-state index contributed by atoms with van der Waals surface area (Å²) in [5.41, 5.74) is 7.07. The molecule has 0 amide bonds. The molecule has 0 aromatic heterocycles. The second kappa shape index (κ2) is 16.6. The predicted molar refractivity (Wildman–Crippen MR) is 134 cm³/mol. The lowest BCUT2D eigenvalue weighted by Gasteiger charge is -2.12. The van der Waals surface area contributed by atoms with Gasteiger partial charge in [0.2, 0.25) is 0 Å². The summed E-state index contributed by atoms with van der Waals surface area (Å²) in [6.07, 6.45) is 8.42. The van der Waals surface area contributed by atoms with Gasteiger partial charge in [-0.25, -0.2) is 9.79 Å². The molecule has 7 nitrogen and oxygen atoms in total. The Labute approximate surface area is 196 Å². The van der Waals surface area contributed by atoms with Crippen LogP contribution in [0.5, 0.6) is 5.75 Å². The van der Waals surface area contributed by atoms with Crippen molar-refractivity contribution in [1.29, 1.82) is 5.41 Å². The number of esters is 1. The standard InChI is InChI=1S/C20H26ClN3O3.C4H9N/c1-6-9-15(20(25)27-7-2)17(12-18(21)23-4)24-16-11-8-10-14(13(3)22)19(16)26-5;1-2-3-4-5/h8-12,22-23H,6-7H2,1-5H3;3-4H,2,5H2,1H3/b15-9-,18-12-,22-13?,24-17?;4-3+. The largest absolute Gasteiger partial charge is 0.494 e. The van der Waals surface area contributed by atoms with Crippen molar-refractivity contribution in [3.05, 3.63) is 58.9 Å². The number of ether oxygens (including phenoxy) is 2. The maximum absolute atomic E-state index is 12.4. The summed E-state index contributed by atoms with van der Waals surface area (Å²) < 4.78 is 10.6. The Kier molecular flexibility index (Phi) is 15.0. The summed E-state index contributed by atoms with van der Waals surface area (Å²) in [4.78, 5) is 17.0. The molecule has 0 unspecified atom stereocenters. The van der Waals surface area contributed by atoms with Gasteiger partial charge in [0.25, 0.3) is 0 Å². The zero-order chi connectivity index (χ0) is 24.5. The van der Waals surface area contributed by atoms with Gasteiger partial charge in [-0.1, -0.05) is 43.7 Å². The lowest BCUT2D eigenvalue weighted by molar-refractivity contribution is -0.137. The van der Waals surface area contributed by atoms with Crippen LogP contribution in [0.3, 0.4) is 0 Å². The summed E-state index contributed by atoms with van der Waals surface area (Å²) in [5.74, 6) is -0.0236. The molecule has 0 radical (unpaired) electrons. The normalized spacial score (nSPS) is 12.2. The molecular formula is C24H35ClN4O3. The lowest BCUT2D eigenvalue weighted by Crippen LogP contribution is -2.16. The number of aliphatic imine (C=N–C) groups is 1. The van der Waals surface area contributed by atoms with Crippen LogP contribution in [-0.4, -0.2) is 38.2 Å². The number of para-hydroxylation sites is 1. The average molecular weight is 463 g/mol. The van der Waals surface area contributed by atoms with E-state index in [0.29, 0.717) is 45.6 Å². The molecule has 1 rings (SSSR count). The van der Waals surface area contributed by atoms with Gasteiger partial charge in [0, 0.05) is 18.3 Å². The molecule has 0 atom stereocenters. The summed E-state index contributed by atoms with van der Waals surface area (Å²) >= 11 is 6.13. The molecular weight excluding hydrogens is 428 g/mol. The number of carbonyl (C=O) groups is 1. The van der Waals surface area contributed by atoms with Crippen LogP contribution >= 0.6 is 11.6 Å². The zero-order valence-electron chi connectivity index (χ0n) is 19.8. The third kappa shape index (κ3) is 9.83. The van der Waals surface area contributed by atoms with Crippen molar-refractivity contribution in [2.45, 2.75) is 40.5 Å². The van der Waals surface area contributed by atoms with E-state index in [0.717, 1.165) is 6.42 Å². The first-order valence-electron chi connectivity index (χ1n) is 10.4. The van der Waals surface area contributed by atoms with Crippen LogP contribution in [0.4, 0.5) is 5.69 Å². The zero-order valence-corrected chi connectivity index (χ0v) is 20.5. The first-order valence-corrected chi connectivity index (χ1v) is 10.8. The number of hydrogen-bond acceptors (Lipinski definition) is 7. The van der Waals surface area contributed by atoms with Crippen molar-refractivity contribution in [3.63, 3.8) is 0 Å². The molecule has 1 aromatic carbocycles. The molecule has 1 aromatic rings. The average Bonchev–Trinajstić information content (AvgIpc) is 2.77. The quantitative estimate of drug-likeness (QED) is 0.191. The molecule has 0 fully saturated rings. The minimum Gasteiger partial charge on any atom is -0.494 e. The Morgan fingerprint density at radius 1 is 1.28 bits per heavy atom. The predicted octanol–water partition coefficient (Wildman–Crippen LogP) is 5.22. The Bertz CT molecular complexity index is 874. The second-order valence-electron chi connectivity index (χ2n) is 6.31. The van der Waals surface area contributed by atoms with E-state index in [-0.39, 0.29) is 6.61 Å². The van der Waals surface area contributed by atoms with Crippen molar-refractivity contribution < 1.29 is 14.3 Å². The molecule has 0 saturated carbocycles. The summed E-state index contributed by atoms with van der Waals surface area (Å²) in [7, 11) is 3.19. The number of nitrogens with zero attached hydrogens (tertiary/aromatic N) is 1. The van der Waals surface area contributed by atoms with Gasteiger partial charge >= 0.3 is 5.97 Å². The third-order valence-electron chi connectivity index (χ3n) is 3.90. The number of halogens is 1. The summed E-state index contributed by atoms with van der Waals surface area (Å²) in [6.45, 7) is 7.63. The number of methoxy groups -OCH3 is 1. The molecule has 32 heavy (non-hydrogen) atoms. The lowest BCUT2D eigenvalue weighted by atomic mass is 10.1. The fourth-order valence-corrected chi connectivity index (χ4v) is 2.56. The molecule has 0 saturated heterocycles. The molecule has 0 aliphatic carbocycles. The Morgan fingerprint density at radius 3 is 2.41 bits per heavy atom. The molecule has 4 N–H and O–H groups in total. The molecule has 0 bridgehead atoms. The van der Waals surface area contributed by atoms with E-state index in [9.17, 15) is 4.79 Å². The van der Waals surface area contributed by atoms with Crippen molar-refractivity contribution >= 4 is 34.7 Å². The highest BCUT2D eigenvalue weighted by Gasteiger charge is 2.18. The van der Waals surface area contributed by atoms with Gasteiger partial charge in [-0.15, -0.1) is 0 Å². The monoisotopic (exact) mass is 462 g/mol. The summed E-state index contributed by atoms with van der Waals surface area (Å²) in [5, 5.41) is 11.0. The van der Waals surface area contributed by atoms with Crippen molar-refractivity contribution in [2.75, 3.05) is 20.8 Å². The van der Waals surface area contributed by atoms with Crippen molar-refractivity contribution in [2.24, 2.45) is 10.7 Å². The number of hydrogen-bond donors (Lipinski definition) is 3. The van der Waals surface area contributed by atoms with E-state index in [1.54, 1.807) is 57.4 Å². The number of rotatable bonds is 10. The summed E-state index contributed by atoms with van der Waals surface area (Å²) in [6, 6.07) is 5.31. The highest BCUT2D eigenvalue weighted by molar-refractivity contribution is 6.34. The smallest absolute Gasteiger partial charge is 0.339 e. The molecule has 8 heteroatoms. The molecule has 0 aliphatic rings. The van der Waals surface area contributed by atoms with Crippen LogP contribution in [0.2, 0.25) is 0 Å². The molecule has 0 heterocycles. The maximum Gasteiger partial charge on any atom is 0.339 e. The Morgan fingerprint density at radius 2 is 1.97 bits per heavy atom. The third-order valence-corrected chi connectivity index (χ3v) is 4.19. The highest BCUT2D eigenvalue weighted by atomic mass is 35.5. The minimum absolute atomic E-state index is 0.252. The topological polar surface area (TPSA) is 110 Å². The van der Waals surface area contributed by atoms with E-state index in [1.165, 1.54) is 7.11 Å². The van der Waals surface area contributed by atoms with Gasteiger partial charge in [0.1, 0.15) is 10.8 Å². The van der Waals surface area contributed by atoms with Crippen LogP contribution in [0.15, 0.2) is 58.3 Å². The van der Waals surface area contributed by atoms with Crippen molar-refractivity contribution in [1.82, 2.24) is 5.32 Å². The fourth-order valence-electron chi connectivity index (χ4n) is 2.46. The molecule has 0 spiro atoms. The van der Waals surface area contributed by atoms with Crippen LogP contribution in [0.1, 0.15) is 46.1 Å². The first-order chi connectivity index (χ1) is 15.3. The van der Waals surface area contributed by atoms with Gasteiger partial charge in [-0.05, 0) is 51.1 Å². The van der Waals surface area contributed by atoms with Crippen LogP contribution < -0.4 is 15.8 Å². The van der Waals surface area contributed by atoms with Gasteiger partial charge in [0.15, 0.2) is 5.75 Å². The SMILES string of the molecule is CC/C=C(\C(=O)OCC)C(/C=C(/Cl)NC)=Nc1cccc(C(C)=N)c1OC.CC/C=C/N. The number of benzene rings is 1. The number of nitrogens with one attached hydrogen (secondary N) is 2. The van der Waals surface area contributed by atoms with E-state index < -0.39 is 5.97 Å². The number of allylic oxidation sites excluding steroid dienone is 3. The fraction of sp³-hybridized carbons (Fsp3) is 0.375. The van der Waals surface area contributed by atoms with Crippen LogP contribution in [-0.2, 0) is 9.53 Å². The van der Waals surface area contributed by atoms with E-state index in [1.807, 2.05) is 19.9 Å². The van der Waals surface area contributed by atoms with E-state index in [2.05, 4.69) is 10.3 Å². The van der Waals surface area contributed by atoms with E-state index >= 15 is 0 Å². The van der Waals surface area contributed by atoms with Crippen molar-refractivity contribution in [3.8, 4) is 5.75 Å².